The molecule has 3 heteroatoms. The number of benzene rings is 1. The predicted molar refractivity (Wildman–Crippen MR) is 158 cm³/mol. The summed E-state index contributed by atoms with van der Waals surface area (Å²) in [6.45, 7) is 12.4. The van der Waals surface area contributed by atoms with Gasteiger partial charge < -0.3 is 10.2 Å². The Morgan fingerprint density at radius 2 is 1.82 bits per heavy atom. The highest BCUT2D eigenvalue weighted by Gasteiger charge is 2.59. The predicted octanol–water partition coefficient (Wildman–Crippen LogP) is 8.89. The molecule has 1 aromatic rings. The topological polar surface area (TPSA) is 60.4 Å². The molecular formula is C36H51O3-. The second-order valence-electron chi connectivity index (χ2n) is 14.7. The number of hydrogen-bond donors (Lipinski definition) is 1. The SMILES string of the molecule is CC(C)CCC[C@@H](C)[C@H]1CCC2C3CC=C4CC(/C(=C/c5ccccc5[O-])C(=O)O)CC[C@]4(C)C3CC[C@@]21C. The number of aliphatic carboxylic acids is 1. The molecule has 3 fully saturated rings. The maximum atomic E-state index is 12.3. The molecule has 4 aliphatic carbocycles. The molecule has 0 radical (unpaired) electrons. The van der Waals surface area contributed by atoms with Crippen molar-refractivity contribution in [3.63, 3.8) is 0 Å². The van der Waals surface area contributed by atoms with Gasteiger partial charge in [0, 0.05) is 5.57 Å². The summed E-state index contributed by atoms with van der Waals surface area (Å²) in [7, 11) is 0. The summed E-state index contributed by atoms with van der Waals surface area (Å²) in [4.78, 5) is 12.3. The highest BCUT2D eigenvalue weighted by Crippen LogP contribution is 2.67. The van der Waals surface area contributed by atoms with Crippen molar-refractivity contribution < 1.29 is 15.0 Å². The molecule has 1 aromatic carbocycles. The molecule has 8 atom stereocenters. The van der Waals surface area contributed by atoms with E-state index in [4.69, 9.17) is 0 Å². The van der Waals surface area contributed by atoms with E-state index in [-0.39, 0.29) is 17.1 Å². The molecule has 214 valence electrons. The first-order valence-electron chi connectivity index (χ1n) is 15.9. The van der Waals surface area contributed by atoms with Gasteiger partial charge in [0.1, 0.15) is 0 Å². The smallest absolute Gasteiger partial charge is 0.331 e. The molecule has 4 aliphatic rings. The normalized spacial score (nSPS) is 37.0. The number of carbonyl (C=O) groups is 1. The Hall–Kier alpha value is -2.03. The number of carboxylic acid groups (broad SMARTS) is 1. The van der Waals surface area contributed by atoms with Crippen LogP contribution in [0.15, 0.2) is 41.5 Å². The molecule has 3 nitrogen and oxygen atoms in total. The Morgan fingerprint density at radius 1 is 1.05 bits per heavy atom. The third-order valence-corrected chi connectivity index (χ3v) is 12.2. The fourth-order valence-electron chi connectivity index (χ4n) is 10.1. The van der Waals surface area contributed by atoms with Gasteiger partial charge in [0.15, 0.2) is 0 Å². The van der Waals surface area contributed by atoms with Crippen LogP contribution in [0.5, 0.6) is 5.75 Å². The van der Waals surface area contributed by atoms with E-state index in [1.165, 1.54) is 63.0 Å². The van der Waals surface area contributed by atoms with Gasteiger partial charge in [-0.1, -0.05) is 89.8 Å². The molecule has 0 bridgehead atoms. The monoisotopic (exact) mass is 531 g/mol. The summed E-state index contributed by atoms with van der Waals surface area (Å²) in [5, 5.41) is 22.4. The van der Waals surface area contributed by atoms with Gasteiger partial charge in [-0.2, -0.15) is 0 Å². The minimum Gasteiger partial charge on any atom is -0.872 e. The Balaban J connectivity index is 1.33. The standard InChI is InChI=1S/C36H52O3/c1-23(2)9-8-10-24(3)30-15-16-31-28-14-13-27-21-25(17-19-35(27,4)32(28)18-20-36(30,31)5)29(34(38)39)22-26-11-6-7-12-33(26)37/h6-7,11-13,22-25,28,30-32,37H,8-10,14-21H2,1-5H3,(H,38,39)/p-1/b29-22-/t24-,25?,28?,30-,31?,32?,35+,36-/m1/s1. The average Bonchev–Trinajstić information content (AvgIpc) is 3.25. The molecule has 5 rings (SSSR count). The highest BCUT2D eigenvalue weighted by atomic mass is 16.4. The van der Waals surface area contributed by atoms with Crippen molar-refractivity contribution in [2.75, 3.05) is 0 Å². The van der Waals surface area contributed by atoms with Crippen LogP contribution >= 0.6 is 0 Å². The molecule has 0 heterocycles. The first-order valence-corrected chi connectivity index (χ1v) is 15.9. The minimum absolute atomic E-state index is 0.0191. The fourth-order valence-corrected chi connectivity index (χ4v) is 10.1. The van der Waals surface area contributed by atoms with Gasteiger partial charge in [-0.05, 0) is 115 Å². The van der Waals surface area contributed by atoms with Gasteiger partial charge in [0.25, 0.3) is 0 Å². The van der Waals surface area contributed by atoms with Crippen LogP contribution in [-0.4, -0.2) is 11.1 Å². The third-order valence-electron chi connectivity index (χ3n) is 12.2. The molecular weight excluding hydrogens is 480 g/mol. The van der Waals surface area contributed by atoms with E-state index in [0.29, 0.717) is 16.6 Å². The maximum Gasteiger partial charge on any atom is 0.331 e. The van der Waals surface area contributed by atoms with Crippen molar-refractivity contribution in [2.45, 2.75) is 105 Å². The molecule has 0 aromatic heterocycles. The quantitative estimate of drug-likeness (QED) is 0.269. The number of allylic oxidation sites excluding steroid dienone is 2. The molecule has 0 amide bonds. The van der Waals surface area contributed by atoms with Crippen molar-refractivity contribution in [1.29, 1.82) is 0 Å². The minimum atomic E-state index is -0.880. The summed E-state index contributed by atoms with van der Waals surface area (Å²) < 4.78 is 0. The zero-order chi connectivity index (χ0) is 27.9. The lowest BCUT2D eigenvalue weighted by molar-refractivity contribution is -0.268. The largest absolute Gasteiger partial charge is 0.872 e. The number of hydrogen-bond acceptors (Lipinski definition) is 2. The van der Waals surface area contributed by atoms with E-state index in [2.05, 4.69) is 40.7 Å². The number of fused-ring (bicyclic) bond motifs is 5. The van der Waals surface area contributed by atoms with Gasteiger partial charge in [-0.25, -0.2) is 4.79 Å². The summed E-state index contributed by atoms with van der Waals surface area (Å²) in [5.41, 5.74) is 3.08. The van der Waals surface area contributed by atoms with Gasteiger partial charge in [-0.3, -0.25) is 0 Å². The zero-order valence-electron chi connectivity index (χ0n) is 25.0. The highest BCUT2D eigenvalue weighted by molar-refractivity contribution is 5.93. The van der Waals surface area contributed by atoms with E-state index < -0.39 is 5.97 Å². The number of para-hydroxylation sites is 1. The van der Waals surface area contributed by atoms with Gasteiger partial charge >= 0.3 is 5.97 Å². The Bertz CT molecular complexity index is 1110. The maximum absolute atomic E-state index is 12.3. The van der Waals surface area contributed by atoms with Crippen molar-refractivity contribution in [3.8, 4) is 5.75 Å². The van der Waals surface area contributed by atoms with E-state index in [1.54, 1.807) is 18.2 Å². The van der Waals surface area contributed by atoms with Crippen molar-refractivity contribution in [1.82, 2.24) is 0 Å². The van der Waals surface area contributed by atoms with Crippen LogP contribution in [0, 0.1) is 52.3 Å². The fraction of sp³-hybridized carbons (Fsp3) is 0.694. The molecule has 39 heavy (non-hydrogen) atoms. The number of rotatable bonds is 8. The van der Waals surface area contributed by atoms with E-state index in [9.17, 15) is 15.0 Å². The average molecular weight is 532 g/mol. The van der Waals surface area contributed by atoms with Crippen LogP contribution in [0.4, 0.5) is 0 Å². The van der Waals surface area contributed by atoms with Gasteiger partial charge in [0.05, 0.1) is 0 Å². The lowest BCUT2D eigenvalue weighted by Gasteiger charge is -2.58. The van der Waals surface area contributed by atoms with E-state index in [1.807, 2.05) is 6.07 Å². The van der Waals surface area contributed by atoms with E-state index >= 15 is 0 Å². The summed E-state index contributed by atoms with van der Waals surface area (Å²) in [6.07, 6.45) is 17.8. The zero-order valence-corrected chi connectivity index (χ0v) is 25.0. The molecule has 0 aliphatic heterocycles. The molecule has 0 saturated heterocycles. The Kier molecular flexibility index (Phi) is 8.11. The second kappa shape index (κ2) is 11.1. The molecule has 3 saturated carbocycles. The van der Waals surface area contributed by atoms with Crippen LogP contribution in [0.3, 0.4) is 0 Å². The Morgan fingerprint density at radius 3 is 2.54 bits per heavy atom. The van der Waals surface area contributed by atoms with Crippen molar-refractivity contribution in [3.05, 3.63) is 47.1 Å². The van der Waals surface area contributed by atoms with Crippen LogP contribution in [0.1, 0.15) is 111 Å². The van der Waals surface area contributed by atoms with Gasteiger partial charge in [0.2, 0.25) is 0 Å². The van der Waals surface area contributed by atoms with Crippen LogP contribution in [-0.2, 0) is 4.79 Å². The summed E-state index contributed by atoms with van der Waals surface area (Å²) >= 11 is 0. The van der Waals surface area contributed by atoms with Crippen LogP contribution < -0.4 is 5.11 Å². The lowest BCUT2D eigenvalue weighted by atomic mass is 9.46. The lowest BCUT2D eigenvalue weighted by Crippen LogP contribution is -2.50. The third kappa shape index (κ3) is 5.24. The van der Waals surface area contributed by atoms with Crippen molar-refractivity contribution >= 4 is 12.0 Å². The molecule has 1 N–H and O–H groups in total. The first kappa shape index (κ1) is 28.5. The first-order chi connectivity index (χ1) is 18.5. The van der Waals surface area contributed by atoms with Crippen LogP contribution in [0.2, 0.25) is 0 Å². The van der Waals surface area contributed by atoms with Gasteiger partial charge in [-0.15, -0.1) is 5.75 Å². The molecule has 0 spiro atoms. The summed E-state index contributed by atoms with van der Waals surface area (Å²) in [6, 6.07) is 6.78. The molecule has 4 unspecified atom stereocenters. The Labute approximate surface area is 237 Å². The second-order valence-corrected chi connectivity index (χ2v) is 14.7. The van der Waals surface area contributed by atoms with E-state index in [0.717, 1.165) is 54.8 Å². The number of carboxylic acids is 1. The van der Waals surface area contributed by atoms with Crippen LogP contribution in [0.25, 0.3) is 6.08 Å². The van der Waals surface area contributed by atoms with Crippen molar-refractivity contribution in [2.24, 2.45) is 52.3 Å². The summed E-state index contributed by atoms with van der Waals surface area (Å²) in [5.74, 6) is 3.85.